The molecule has 2 aromatic rings. The van der Waals surface area contributed by atoms with Crippen molar-refractivity contribution in [3.63, 3.8) is 0 Å². The molecular formula is C20H23N3O4. The molecule has 0 radical (unpaired) electrons. The van der Waals surface area contributed by atoms with E-state index in [1.807, 2.05) is 0 Å². The molecule has 1 aromatic heterocycles. The first-order valence-electron chi connectivity index (χ1n) is 8.37. The monoisotopic (exact) mass is 369 g/mol. The lowest BCUT2D eigenvalue weighted by Gasteiger charge is -2.30. The maximum absolute atomic E-state index is 12.5. The van der Waals surface area contributed by atoms with Crippen LogP contribution in [0.5, 0.6) is 5.75 Å². The number of urea groups is 1. The number of hydrogen-bond donors (Lipinski definition) is 2. The third-order valence-electron chi connectivity index (χ3n) is 3.89. The Bertz CT molecular complexity index is 795. The number of carbonyl (C=O) groups is 2. The van der Waals surface area contributed by atoms with Gasteiger partial charge in [0.25, 0.3) is 0 Å². The third-order valence-corrected chi connectivity index (χ3v) is 3.89. The van der Waals surface area contributed by atoms with E-state index in [9.17, 15) is 9.59 Å². The highest BCUT2D eigenvalue weighted by molar-refractivity contribution is 5.90. The van der Waals surface area contributed by atoms with Gasteiger partial charge in [0.1, 0.15) is 12.4 Å². The smallest absolute Gasteiger partial charge is 0.319 e. The van der Waals surface area contributed by atoms with Crippen LogP contribution >= 0.6 is 0 Å². The van der Waals surface area contributed by atoms with Gasteiger partial charge < -0.3 is 20.1 Å². The number of amides is 2. The lowest BCUT2D eigenvalue weighted by Crippen LogP contribution is -2.47. The fraction of sp³-hybridized carbons (Fsp3) is 0.250. The van der Waals surface area contributed by atoms with Crippen LogP contribution in [-0.2, 0) is 15.1 Å². The van der Waals surface area contributed by atoms with Crippen molar-refractivity contribution in [1.29, 1.82) is 0 Å². The van der Waals surface area contributed by atoms with E-state index in [2.05, 4.69) is 22.2 Å². The average Bonchev–Trinajstić information content (AvgIpc) is 2.67. The zero-order valence-electron chi connectivity index (χ0n) is 15.4. The van der Waals surface area contributed by atoms with E-state index in [0.717, 1.165) is 5.56 Å². The minimum absolute atomic E-state index is 0.0244. The largest absolute Gasteiger partial charge is 0.489 e. The molecule has 142 valence electrons. The van der Waals surface area contributed by atoms with Crippen LogP contribution in [-0.4, -0.2) is 30.7 Å². The Balaban J connectivity index is 2.14. The molecule has 0 unspecified atom stereocenters. The molecule has 7 heteroatoms. The molecule has 2 amide bonds. The van der Waals surface area contributed by atoms with E-state index in [0.29, 0.717) is 18.0 Å². The summed E-state index contributed by atoms with van der Waals surface area (Å²) in [5.41, 5.74) is 0.335. The highest BCUT2D eigenvalue weighted by atomic mass is 16.5. The summed E-state index contributed by atoms with van der Waals surface area (Å²) < 4.78 is 10.2. The minimum atomic E-state index is -0.961. The standard InChI is InChI=1S/C20H23N3O4/c1-4-12-27-17-7-5-6-16(13-17)22-19(25)23-20(2,14-18(24)26-3)15-8-10-21-11-9-15/h4-11,13H,1,12,14H2,2-3H3,(H2,22,23,25)/t20-/m0/s1. The van der Waals surface area contributed by atoms with Gasteiger partial charge in [0, 0.05) is 24.1 Å². The van der Waals surface area contributed by atoms with E-state index in [1.54, 1.807) is 61.8 Å². The van der Waals surface area contributed by atoms with Crippen molar-refractivity contribution in [2.45, 2.75) is 18.9 Å². The van der Waals surface area contributed by atoms with Gasteiger partial charge in [-0.05, 0) is 36.8 Å². The van der Waals surface area contributed by atoms with E-state index in [1.165, 1.54) is 7.11 Å². The van der Waals surface area contributed by atoms with Crippen molar-refractivity contribution in [1.82, 2.24) is 10.3 Å². The Morgan fingerprint density at radius 2 is 2.00 bits per heavy atom. The highest BCUT2D eigenvalue weighted by Crippen LogP contribution is 2.25. The number of rotatable bonds is 8. The van der Waals surface area contributed by atoms with Gasteiger partial charge in [-0.25, -0.2) is 4.79 Å². The number of carbonyl (C=O) groups excluding carboxylic acids is 2. The summed E-state index contributed by atoms with van der Waals surface area (Å²) in [7, 11) is 1.31. The molecule has 2 rings (SSSR count). The molecule has 0 aliphatic carbocycles. The molecule has 1 heterocycles. The van der Waals surface area contributed by atoms with Crippen molar-refractivity contribution < 1.29 is 19.1 Å². The molecular weight excluding hydrogens is 346 g/mol. The van der Waals surface area contributed by atoms with Crippen LogP contribution < -0.4 is 15.4 Å². The molecule has 0 fully saturated rings. The minimum Gasteiger partial charge on any atom is -0.489 e. The van der Waals surface area contributed by atoms with Crippen molar-refractivity contribution in [3.8, 4) is 5.75 Å². The molecule has 0 aliphatic heterocycles. The van der Waals surface area contributed by atoms with Gasteiger partial charge in [0.05, 0.1) is 19.1 Å². The Morgan fingerprint density at radius 3 is 2.67 bits per heavy atom. The molecule has 7 nitrogen and oxygen atoms in total. The van der Waals surface area contributed by atoms with E-state index >= 15 is 0 Å². The van der Waals surface area contributed by atoms with E-state index in [4.69, 9.17) is 9.47 Å². The normalized spacial score (nSPS) is 12.4. The summed E-state index contributed by atoms with van der Waals surface area (Å²) in [6.45, 7) is 5.72. The number of anilines is 1. The van der Waals surface area contributed by atoms with Gasteiger partial charge in [-0.3, -0.25) is 9.78 Å². The maximum Gasteiger partial charge on any atom is 0.319 e. The number of pyridine rings is 1. The first kappa shape index (κ1) is 20.0. The van der Waals surface area contributed by atoms with Crippen LogP contribution in [0, 0.1) is 0 Å². The van der Waals surface area contributed by atoms with Crippen molar-refractivity contribution in [3.05, 3.63) is 67.0 Å². The molecule has 0 spiro atoms. The second-order valence-electron chi connectivity index (χ2n) is 6.03. The molecule has 1 atom stereocenters. The Kier molecular flexibility index (Phi) is 6.93. The number of aromatic nitrogens is 1. The van der Waals surface area contributed by atoms with Crippen molar-refractivity contribution in [2.24, 2.45) is 0 Å². The van der Waals surface area contributed by atoms with Crippen molar-refractivity contribution >= 4 is 17.7 Å². The Hall–Kier alpha value is -3.35. The molecule has 0 saturated heterocycles. The molecule has 1 aromatic carbocycles. The van der Waals surface area contributed by atoms with Gasteiger partial charge in [-0.1, -0.05) is 18.7 Å². The van der Waals surface area contributed by atoms with Crippen LogP contribution in [0.1, 0.15) is 18.9 Å². The topological polar surface area (TPSA) is 89.6 Å². The summed E-state index contributed by atoms with van der Waals surface area (Å²) in [6.07, 6.45) is 4.82. The number of esters is 1. The number of ether oxygens (including phenoxy) is 2. The maximum atomic E-state index is 12.5. The van der Waals surface area contributed by atoms with Gasteiger partial charge in [0.15, 0.2) is 0 Å². The first-order valence-corrected chi connectivity index (χ1v) is 8.37. The second kappa shape index (κ2) is 9.38. The zero-order chi connectivity index (χ0) is 19.7. The number of benzene rings is 1. The van der Waals surface area contributed by atoms with Gasteiger partial charge in [-0.2, -0.15) is 0 Å². The molecule has 0 bridgehead atoms. The van der Waals surface area contributed by atoms with E-state index < -0.39 is 17.5 Å². The summed E-state index contributed by atoms with van der Waals surface area (Å²) >= 11 is 0. The fourth-order valence-electron chi connectivity index (χ4n) is 2.53. The predicted molar refractivity (Wildman–Crippen MR) is 103 cm³/mol. The van der Waals surface area contributed by atoms with Crippen LogP contribution in [0.25, 0.3) is 0 Å². The fourth-order valence-corrected chi connectivity index (χ4v) is 2.53. The highest BCUT2D eigenvalue weighted by Gasteiger charge is 2.32. The number of hydrogen-bond acceptors (Lipinski definition) is 5. The molecule has 0 saturated carbocycles. The lowest BCUT2D eigenvalue weighted by molar-refractivity contribution is -0.142. The van der Waals surface area contributed by atoms with Gasteiger partial charge in [-0.15, -0.1) is 0 Å². The average molecular weight is 369 g/mol. The molecule has 2 N–H and O–H groups in total. The summed E-state index contributed by atoms with van der Waals surface area (Å²) in [5.74, 6) is 0.175. The number of nitrogens with one attached hydrogen (secondary N) is 2. The predicted octanol–water partition coefficient (Wildman–Crippen LogP) is 3.25. The van der Waals surface area contributed by atoms with Crippen LogP contribution in [0.15, 0.2) is 61.4 Å². The van der Waals surface area contributed by atoms with Crippen LogP contribution in [0.3, 0.4) is 0 Å². The Morgan fingerprint density at radius 1 is 1.26 bits per heavy atom. The lowest BCUT2D eigenvalue weighted by atomic mass is 9.89. The summed E-state index contributed by atoms with van der Waals surface area (Å²) in [4.78, 5) is 28.4. The van der Waals surface area contributed by atoms with E-state index in [-0.39, 0.29) is 6.42 Å². The molecule has 0 aliphatic rings. The van der Waals surface area contributed by atoms with Crippen LogP contribution in [0.4, 0.5) is 10.5 Å². The van der Waals surface area contributed by atoms with Crippen molar-refractivity contribution in [2.75, 3.05) is 19.0 Å². The molecule has 27 heavy (non-hydrogen) atoms. The first-order chi connectivity index (χ1) is 13.0. The van der Waals surface area contributed by atoms with Gasteiger partial charge in [0.2, 0.25) is 0 Å². The van der Waals surface area contributed by atoms with Gasteiger partial charge >= 0.3 is 12.0 Å². The zero-order valence-corrected chi connectivity index (χ0v) is 15.4. The van der Waals surface area contributed by atoms with Crippen LogP contribution in [0.2, 0.25) is 0 Å². The number of methoxy groups -OCH3 is 1. The SMILES string of the molecule is C=CCOc1cccc(NC(=O)N[C@@](C)(CC(=O)OC)c2ccncc2)c1. The second-order valence-corrected chi connectivity index (χ2v) is 6.03. The third kappa shape index (κ3) is 5.85. The summed E-state index contributed by atoms with van der Waals surface area (Å²) in [6, 6.07) is 10.0. The number of nitrogens with zero attached hydrogens (tertiary/aromatic N) is 1. The Labute approximate surface area is 158 Å². The quantitative estimate of drug-likeness (QED) is 0.551. The summed E-state index contributed by atoms with van der Waals surface area (Å²) in [5, 5.41) is 5.60.